The fourth-order valence-electron chi connectivity index (χ4n) is 1.28. The minimum Gasteiger partial charge on any atom is -0.480 e. The molecule has 2 aromatic rings. The van der Waals surface area contributed by atoms with E-state index in [1.54, 1.807) is 0 Å². The Morgan fingerprint density at radius 1 is 1.41 bits per heavy atom. The van der Waals surface area contributed by atoms with E-state index in [9.17, 15) is 4.79 Å². The van der Waals surface area contributed by atoms with Gasteiger partial charge in [0.2, 0.25) is 5.82 Å². The minimum absolute atomic E-state index is 0.00479. The molecule has 88 valence electrons. The van der Waals surface area contributed by atoms with Gasteiger partial charge in [0, 0.05) is 5.56 Å². The SMILES string of the molecule is NC(Cn1nnc(-c2ccccc2)n1)C(=O)O. The molecule has 0 aliphatic heterocycles. The molecule has 1 aromatic carbocycles. The number of hydrogen-bond donors (Lipinski definition) is 2. The summed E-state index contributed by atoms with van der Waals surface area (Å²) in [5, 5.41) is 20.3. The van der Waals surface area contributed by atoms with E-state index in [1.807, 2.05) is 30.3 Å². The minimum atomic E-state index is -1.09. The van der Waals surface area contributed by atoms with Crippen molar-refractivity contribution >= 4 is 5.97 Å². The summed E-state index contributed by atoms with van der Waals surface area (Å²) in [7, 11) is 0. The zero-order chi connectivity index (χ0) is 12.3. The van der Waals surface area contributed by atoms with Gasteiger partial charge in [-0.15, -0.1) is 10.2 Å². The summed E-state index contributed by atoms with van der Waals surface area (Å²) in [5.41, 5.74) is 6.19. The first-order valence-corrected chi connectivity index (χ1v) is 4.98. The van der Waals surface area contributed by atoms with Gasteiger partial charge in [-0.05, 0) is 5.21 Å². The Labute approximate surface area is 96.9 Å². The number of benzene rings is 1. The zero-order valence-corrected chi connectivity index (χ0v) is 8.89. The molecule has 1 aromatic heterocycles. The molecule has 1 atom stereocenters. The number of tetrazole rings is 1. The van der Waals surface area contributed by atoms with Crippen molar-refractivity contribution in [3.8, 4) is 11.4 Å². The first-order valence-electron chi connectivity index (χ1n) is 4.98. The van der Waals surface area contributed by atoms with Gasteiger partial charge in [0.05, 0.1) is 6.54 Å². The van der Waals surface area contributed by atoms with Crippen molar-refractivity contribution in [2.75, 3.05) is 0 Å². The first kappa shape index (κ1) is 11.2. The van der Waals surface area contributed by atoms with Crippen LogP contribution in [0.3, 0.4) is 0 Å². The normalized spacial score (nSPS) is 12.3. The van der Waals surface area contributed by atoms with Crippen LogP contribution in [-0.2, 0) is 11.3 Å². The van der Waals surface area contributed by atoms with Crippen LogP contribution in [0.4, 0.5) is 0 Å². The van der Waals surface area contributed by atoms with Crippen molar-refractivity contribution < 1.29 is 9.90 Å². The van der Waals surface area contributed by atoms with Gasteiger partial charge in [-0.2, -0.15) is 4.80 Å². The predicted molar refractivity (Wildman–Crippen MR) is 58.9 cm³/mol. The Balaban J connectivity index is 2.14. The van der Waals surface area contributed by atoms with E-state index in [2.05, 4.69) is 15.4 Å². The molecule has 0 saturated carbocycles. The smallest absolute Gasteiger partial charge is 0.322 e. The fourth-order valence-corrected chi connectivity index (χ4v) is 1.28. The molecular formula is C10H11N5O2. The molecule has 7 nitrogen and oxygen atoms in total. The molecule has 0 radical (unpaired) electrons. The molecule has 0 aliphatic rings. The number of aliphatic carboxylic acids is 1. The van der Waals surface area contributed by atoms with E-state index in [0.717, 1.165) is 5.56 Å². The number of carboxylic acid groups (broad SMARTS) is 1. The number of nitrogens with zero attached hydrogens (tertiary/aromatic N) is 4. The van der Waals surface area contributed by atoms with Crippen LogP contribution in [0.25, 0.3) is 11.4 Å². The molecule has 0 amide bonds. The fraction of sp³-hybridized carbons (Fsp3) is 0.200. The predicted octanol–water partition coefficient (Wildman–Crippen LogP) is -0.248. The average molecular weight is 233 g/mol. The monoisotopic (exact) mass is 233 g/mol. The van der Waals surface area contributed by atoms with E-state index in [-0.39, 0.29) is 6.54 Å². The number of carboxylic acids is 1. The molecule has 1 heterocycles. The second-order valence-corrected chi connectivity index (χ2v) is 3.48. The Morgan fingerprint density at radius 3 is 2.76 bits per heavy atom. The van der Waals surface area contributed by atoms with Crippen LogP contribution in [0.5, 0.6) is 0 Å². The largest absolute Gasteiger partial charge is 0.480 e. The maximum absolute atomic E-state index is 10.6. The summed E-state index contributed by atoms with van der Waals surface area (Å²) in [6, 6.07) is 8.26. The third kappa shape index (κ3) is 2.64. The van der Waals surface area contributed by atoms with E-state index in [0.29, 0.717) is 5.82 Å². The van der Waals surface area contributed by atoms with E-state index >= 15 is 0 Å². The molecule has 2 rings (SSSR count). The van der Waals surface area contributed by atoms with Crippen molar-refractivity contribution in [2.45, 2.75) is 12.6 Å². The van der Waals surface area contributed by atoms with Gasteiger partial charge in [-0.1, -0.05) is 30.3 Å². The van der Waals surface area contributed by atoms with Crippen LogP contribution in [0.2, 0.25) is 0 Å². The van der Waals surface area contributed by atoms with Gasteiger partial charge in [0.1, 0.15) is 6.04 Å². The lowest BCUT2D eigenvalue weighted by molar-refractivity contribution is -0.139. The van der Waals surface area contributed by atoms with Crippen LogP contribution in [0.15, 0.2) is 30.3 Å². The van der Waals surface area contributed by atoms with Gasteiger partial charge in [0.15, 0.2) is 0 Å². The third-order valence-corrected chi connectivity index (χ3v) is 2.16. The Morgan fingerprint density at radius 2 is 2.12 bits per heavy atom. The highest BCUT2D eigenvalue weighted by molar-refractivity contribution is 5.72. The first-order chi connectivity index (χ1) is 8.16. The molecule has 0 saturated heterocycles. The van der Waals surface area contributed by atoms with Crippen molar-refractivity contribution in [3.05, 3.63) is 30.3 Å². The summed E-state index contributed by atoms with van der Waals surface area (Å²) in [6.07, 6.45) is 0. The molecule has 3 N–H and O–H groups in total. The maximum atomic E-state index is 10.6. The lowest BCUT2D eigenvalue weighted by Gasteiger charge is -2.02. The van der Waals surface area contributed by atoms with Crippen molar-refractivity contribution in [1.29, 1.82) is 0 Å². The Kier molecular flexibility index (Phi) is 3.10. The summed E-state index contributed by atoms with van der Waals surface area (Å²) < 4.78 is 0. The average Bonchev–Trinajstić information content (AvgIpc) is 2.78. The highest BCUT2D eigenvalue weighted by Gasteiger charge is 2.14. The van der Waals surface area contributed by atoms with Crippen LogP contribution in [0, 0.1) is 0 Å². The topological polar surface area (TPSA) is 107 Å². The number of aromatic nitrogens is 4. The van der Waals surface area contributed by atoms with Crippen LogP contribution in [-0.4, -0.2) is 37.3 Å². The van der Waals surface area contributed by atoms with Crippen LogP contribution < -0.4 is 5.73 Å². The molecule has 17 heavy (non-hydrogen) atoms. The Hall–Kier alpha value is -2.28. The zero-order valence-electron chi connectivity index (χ0n) is 8.89. The standard InChI is InChI=1S/C10H11N5O2/c11-8(10(16)17)6-15-13-9(12-14-15)7-4-2-1-3-5-7/h1-5,8H,6,11H2,(H,16,17). The van der Waals surface area contributed by atoms with Crippen molar-refractivity contribution in [1.82, 2.24) is 20.2 Å². The molecule has 7 heteroatoms. The number of hydrogen-bond acceptors (Lipinski definition) is 5. The second kappa shape index (κ2) is 4.71. The van der Waals surface area contributed by atoms with E-state index in [1.165, 1.54) is 4.80 Å². The number of rotatable bonds is 4. The van der Waals surface area contributed by atoms with Crippen molar-refractivity contribution in [3.63, 3.8) is 0 Å². The second-order valence-electron chi connectivity index (χ2n) is 3.48. The summed E-state index contributed by atoms with van der Waals surface area (Å²) in [4.78, 5) is 11.7. The number of nitrogens with two attached hydrogens (primary N) is 1. The summed E-state index contributed by atoms with van der Waals surface area (Å²) in [6.45, 7) is -0.00479. The molecule has 1 unspecified atom stereocenters. The maximum Gasteiger partial charge on any atom is 0.322 e. The van der Waals surface area contributed by atoms with Gasteiger partial charge < -0.3 is 10.8 Å². The van der Waals surface area contributed by atoms with Crippen LogP contribution in [0.1, 0.15) is 0 Å². The molecule has 0 spiro atoms. The summed E-state index contributed by atoms with van der Waals surface area (Å²) in [5.74, 6) is -0.647. The van der Waals surface area contributed by atoms with Gasteiger partial charge in [-0.3, -0.25) is 4.79 Å². The quantitative estimate of drug-likeness (QED) is 0.754. The molecule has 0 fully saturated rings. The molecular weight excluding hydrogens is 222 g/mol. The van der Waals surface area contributed by atoms with E-state index in [4.69, 9.17) is 10.8 Å². The van der Waals surface area contributed by atoms with Gasteiger partial charge >= 0.3 is 5.97 Å². The third-order valence-electron chi connectivity index (χ3n) is 2.16. The highest BCUT2D eigenvalue weighted by atomic mass is 16.4. The van der Waals surface area contributed by atoms with Gasteiger partial charge in [0.25, 0.3) is 0 Å². The Bertz CT molecular complexity index is 510. The number of carbonyl (C=O) groups is 1. The van der Waals surface area contributed by atoms with Crippen LogP contribution >= 0.6 is 0 Å². The lowest BCUT2D eigenvalue weighted by atomic mass is 10.2. The highest BCUT2D eigenvalue weighted by Crippen LogP contribution is 2.11. The van der Waals surface area contributed by atoms with Gasteiger partial charge in [-0.25, -0.2) is 0 Å². The summed E-state index contributed by atoms with van der Waals surface area (Å²) >= 11 is 0. The lowest BCUT2D eigenvalue weighted by Crippen LogP contribution is -2.35. The molecule has 0 bridgehead atoms. The van der Waals surface area contributed by atoms with Crippen molar-refractivity contribution in [2.24, 2.45) is 5.73 Å². The molecule has 0 aliphatic carbocycles. The van der Waals surface area contributed by atoms with E-state index < -0.39 is 12.0 Å².